The maximum atomic E-state index is 9.66. The lowest BCUT2D eigenvalue weighted by Crippen LogP contribution is -2.21. The molecule has 0 saturated heterocycles. The van der Waals surface area contributed by atoms with Crippen LogP contribution in [0.25, 0.3) is 0 Å². The minimum Gasteiger partial charge on any atom is -0.508 e. The molecular weight excluding hydrogens is 218 g/mol. The number of nitrogens with zero attached hydrogens (tertiary/aromatic N) is 3. The molecule has 17 heavy (non-hydrogen) atoms. The first-order valence-corrected chi connectivity index (χ1v) is 5.07. The fraction of sp³-hybridized carbons (Fsp3) is 0.273. The van der Waals surface area contributed by atoms with E-state index in [1.165, 1.54) is 6.21 Å². The third kappa shape index (κ3) is 4.52. The summed E-state index contributed by atoms with van der Waals surface area (Å²) >= 11 is 0. The molecule has 0 spiro atoms. The van der Waals surface area contributed by atoms with Crippen LogP contribution in [-0.2, 0) is 6.54 Å². The Balaban J connectivity index is 2.88. The van der Waals surface area contributed by atoms with Crippen LogP contribution in [0.4, 0.5) is 0 Å². The zero-order valence-corrected chi connectivity index (χ0v) is 9.96. The summed E-state index contributed by atoms with van der Waals surface area (Å²) in [5.41, 5.74) is 11.9. The maximum Gasteiger partial charge on any atom is 0.211 e. The fourth-order valence-corrected chi connectivity index (χ4v) is 1.32. The molecule has 6 heteroatoms. The van der Waals surface area contributed by atoms with Crippen molar-refractivity contribution in [1.29, 1.82) is 0 Å². The van der Waals surface area contributed by atoms with Gasteiger partial charge in [-0.25, -0.2) is 0 Å². The maximum absolute atomic E-state index is 9.66. The van der Waals surface area contributed by atoms with Crippen LogP contribution >= 0.6 is 0 Å². The molecule has 92 valence electrons. The van der Waals surface area contributed by atoms with E-state index in [0.717, 1.165) is 11.1 Å². The summed E-state index contributed by atoms with van der Waals surface area (Å²) in [5, 5.41) is 16.9. The van der Waals surface area contributed by atoms with Gasteiger partial charge in [0.1, 0.15) is 5.75 Å². The Bertz CT molecular complexity index is 435. The van der Waals surface area contributed by atoms with E-state index in [1.54, 1.807) is 12.1 Å². The predicted octanol–water partition coefficient (Wildman–Crippen LogP) is 0.0611. The van der Waals surface area contributed by atoms with E-state index in [-0.39, 0.29) is 11.7 Å². The quantitative estimate of drug-likeness (QED) is 0.390. The molecule has 1 rings (SSSR count). The lowest BCUT2D eigenvalue weighted by Gasteiger charge is -2.11. The molecule has 6 nitrogen and oxygen atoms in total. The molecule has 0 aromatic heterocycles. The first-order chi connectivity index (χ1) is 7.99. The van der Waals surface area contributed by atoms with Crippen molar-refractivity contribution < 1.29 is 5.11 Å². The first-order valence-electron chi connectivity index (χ1n) is 5.07. The highest BCUT2D eigenvalue weighted by Crippen LogP contribution is 2.18. The summed E-state index contributed by atoms with van der Waals surface area (Å²) in [6.07, 6.45) is 1.53. The standard InChI is InChI=1S/C11H17N5O/c1-16(2)7-9-5-8(3-4-10(9)17)6-14-15-11(12)13/h3-6,17H,7H2,1-2H3,(H4,12,13,15). The summed E-state index contributed by atoms with van der Waals surface area (Å²) in [7, 11) is 3.86. The number of rotatable bonds is 4. The molecule has 0 bridgehead atoms. The Kier molecular flexibility index (Phi) is 4.47. The van der Waals surface area contributed by atoms with Crippen LogP contribution in [0.1, 0.15) is 11.1 Å². The molecule has 0 aliphatic heterocycles. The van der Waals surface area contributed by atoms with Crippen molar-refractivity contribution in [2.75, 3.05) is 14.1 Å². The van der Waals surface area contributed by atoms with Gasteiger partial charge in [-0.3, -0.25) is 0 Å². The molecule has 5 N–H and O–H groups in total. The van der Waals surface area contributed by atoms with Crippen LogP contribution in [0.15, 0.2) is 28.4 Å². The Labute approximate surface area is 100 Å². The fourth-order valence-electron chi connectivity index (χ4n) is 1.32. The normalized spacial score (nSPS) is 11.0. The second kappa shape index (κ2) is 5.86. The van der Waals surface area contributed by atoms with Crippen LogP contribution in [0.3, 0.4) is 0 Å². The SMILES string of the molecule is CN(C)Cc1cc(C=NN=C(N)N)ccc1O. The largest absolute Gasteiger partial charge is 0.508 e. The topological polar surface area (TPSA) is 100 Å². The van der Waals surface area contributed by atoms with Gasteiger partial charge >= 0.3 is 0 Å². The number of phenols is 1. The van der Waals surface area contributed by atoms with Crippen molar-refractivity contribution in [3.8, 4) is 5.75 Å². The summed E-state index contributed by atoms with van der Waals surface area (Å²) in [6, 6.07) is 5.19. The lowest BCUT2D eigenvalue weighted by molar-refractivity contribution is 0.386. The van der Waals surface area contributed by atoms with Gasteiger partial charge in [0.2, 0.25) is 5.96 Å². The molecule has 0 unspecified atom stereocenters. The number of aromatic hydroxyl groups is 1. The molecule has 0 aliphatic carbocycles. The minimum atomic E-state index is -0.0893. The van der Waals surface area contributed by atoms with Gasteiger partial charge in [-0.1, -0.05) is 0 Å². The Morgan fingerprint density at radius 2 is 2.12 bits per heavy atom. The molecule has 0 fully saturated rings. The summed E-state index contributed by atoms with van der Waals surface area (Å²) in [6.45, 7) is 0.649. The van der Waals surface area contributed by atoms with Gasteiger partial charge in [0.05, 0.1) is 6.21 Å². The second-order valence-electron chi connectivity index (χ2n) is 3.90. The van der Waals surface area contributed by atoms with Gasteiger partial charge in [0.15, 0.2) is 0 Å². The molecule has 1 aromatic rings. The number of nitrogens with two attached hydrogens (primary N) is 2. The van der Waals surface area contributed by atoms with Crippen LogP contribution in [0, 0.1) is 0 Å². The zero-order valence-electron chi connectivity index (χ0n) is 9.96. The Morgan fingerprint density at radius 3 is 2.71 bits per heavy atom. The number of hydrogen-bond donors (Lipinski definition) is 3. The zero-order chi connectivity index (χ0) is 12.8. The Hall–Kier alpha value is -2.08. The van der Waals surface area contributed by atoms with E-state index in [0.29, 0.717) is 6.54 Å². The minimum absolute atomic E-state index is 0.0893. The summed E-state index contributed by atoms with van der Waals surface area (Å²) in [5.74, 6) is 0.172. The number of benzene rings is 1. The van der Waals surface area contributed by atoms with Crippen molar-refractivity contribution in [2.24, 2.45) is 21.7 Å². The van der Waals surface area contributed by atoms with Crippen molar-refractivity contribution in [3.63, 3.8) is 0 Å². The molecule has 0 aliphatic rings. The van der Waals surface area contributed by atoms with E-state index in [1.807, 2.05) is 25.1 Å². The van der Waals surface area contributed by atoms with E-state index >= 15 is 0 Å². The van der Waals surface area contributed by atoms with Crippen LogP contribution in [0.2, 0.25) is 0 Å². The first kappa shape index (κ1) is 13.0. The van der Waals surface area contributed by atoms with Crippen molar-refractivity contribution in [1.82, 2.24) is 4.90 Å². The van der Waals surface area contributed by atoms with E-state index in [4.69, 9.17) is 11.5 Å². The monoisotopic (exact) mass is 235 g/mol. The Morgan fingerprint density at radius 1 is 1.41 bits per heavy atom. The predicted molar refractivity (Wildman–Crippen MR) is 68.9 cm³/mol. The second-order valence-corrected chi connectivity index (χ2v) is 3.90. The van der Waals surface area contributed by atoms with Gasteiger partial charge in [0.25, 0.3) is 0 Å². The van der Waals surface area contributed by atoms with E-state index in [9.17, 15) is 5.11 Å². The van der Waals surface area contributed by atoms with Gasteiger partial charge in [-0.15, -0.1) is 5.10 Å². The molecule has 0 atom stereocenters. The van der Waals surface area contributed by atoms with Gasteiger partial charge in [-0.2, -0.15) is 5.10 Å². The van der Waals surface area contributed by atoms with E-state index in [2.05, 4.69) is 10.2 Å². The van der Waals surface area contributed by atoms with Gasteiger partial charge in [-0.05, 0) is 37.9 Å². The van der Waals surface area contributed by atoms with Crippen LogP contribution in [-0.4, -0.2) is 36.3 Å². The van der Waals surface area contributed by atoms with Crippen molar-refractivity contribution in [2.45, 2.75) is 6.54 Å². The lowest BCUT2D eigenvalue weighted by atomic mass is 10.1. The van der Waals surface area contributed by atoms with Gasteiger partial charge < -0.3 is 21.5 Å². The third-order valence-corrected chi connectivity index (χ3v) is 1.97. The van der Waals surface area contributed by atoms with Gasteiger partial charge in [0, 0.05) is 12.1 Å². The van der Waals surface area contributed by atoms with E-state index < -0.39 is 0 Å². The smallest absolute Gasteiger partial charge is 0.211 e. The molecule has 0 amide bonds. The average molecular weight is 235 g/mol. The molecule has 1 aromatic carbocycles. The molecule has 0 heterocycles. The highest BCUT2D eigenvalue weighted by molar-refractivity contribution is 5.82. The molecule has 0 saturated carbocycles. The van der Waals surface area contributed by atoms with Crippen molar-refractivity contribution >= 4 is 12.2 Å². The number of guanidine groups is 1. The summed E-state index contributed by atoms with van der Waals surface area (Å²) < 4.78 is 0. The number of phenolic OH excluding ortho intramolecular Hbond substituents is 1. The summed E-state index contributed by atoms with van der Waals surface area (Å²) in [4.78, 5) is 1.96. The third-order valence-electron chi connectivity index (χ3n) is 1.97. The highest BCUT2D eigenvalue weighted by atomic mass is 16.3. The highest BCUT2D eigenvalue weighted by Gasteiger charge is 2.02. The molecular formula is C11H17N5O. The number of hydrogen-bond acceptors (Lipinski definition) is 4. The van der Waals surface area contributed by atoms with Crippen LogP contribution in [0.5, 0.6) is 5.75 Å². The van der Waals surface area contributed by atoms with Crippen molar-refractivity contribution in [3.05, 3.63) is 29.3 Å². The average Bonchev–Trinajstić information content (AvgIpc) is 2.21. The molecule has 0 radical (unpaired) electrons. The van der Waals surface area contributed by atoms with Crippen LogP contribution < -0.4 is 11.5 Å².